The number of ether oxygens (including phenoxy) is 1. The van der Waals surface area contributed by atoms with Crippen molar-refractivity contribution in [1.82, 2.24) is 9.97 Å². The third-order valence-electron chi connectivity index (χ3n) is 3.84. The van der Waals surface area contributed by atoms with Gasteiger partial charge in [-0.3, -0.25) is 0 Å². The summed E-state index contributed by atoms with van der Waals surface area (Å²) >= 11 is 3.45. The predicted octanol–water partition coefficient (Wildman–Crippen LogP) is 4.71. The number of rotatable bonds is 4. The van der Waals surface area contributed by atoms with Crippen molar-refractivity contribution in [2.75, 3.05) is 0 Å². The van der Waals surface area contributed by atoms with E-state index in [9.17, 15) is 0 Å². The predicted molar refractivity (Wildman–Crippen MR) is 80.5 cm³/mol. The van der Waals surface area contributed by atoms with Crippen LogP contribution in [0.4, 0.5) is 0 Å². The zero-order valence-corrected chi connectivity index (χ0v) is 13.6. The number of halogens is 1. The standard InChI is InChI=1S/C15H23BrN2O/c1-4-11-7-5-6-8-12(11)19-14-9-13(16)17-15(18-14)10(2)3/h9-12H,4-8H2,1-3H3. The van der Waals surface area contributed by atoms with Crippen LogP contribution in [0.15, 0.2) is 10.7 Å². The summed E-state index contributed by atoms with van der Waals surface area (Å²) in [4.78, 5) is 8.92. The third-order valence-corrected chi connectivity index (χ3v) is 4.25. The van der Waals surface area contributed by atoms with Gasteiger partial charge in [0.25, 0.3) is 0 Å². The summed E-state index contributed by atoms with van der Waals surface area (Å²) in [6.45, 7) is 6.45. The van der Waals surface area contributed by atoms with Gasteiger partial charge in [0.2, 0.25) is 5.88 Å². The molecule has 0 spiro atoms. The van der Waals surface area contributed by atoms with Gasteiger partial charge in [-0.05, 0) is 47.5 Å². The van der Waals surface area contributed by atoms with E-state index in [2.05, 4.69) is 46.7 Å². The van der Waals surface area contributed by atoms with Crippen LogP contribution in [0.2, 0.25) is 0 Å². The van der Waals surface area contributed by atoms with Gasteiger partial charge in [0.15, 0.2) is 0 Å². The summed E-state index contributed by atoms with van der Waals surface area (Å²) in [5.41, 5.74) is 0. The van der Waals surface area contributed by atoms with Crippen molar-refractivity contribution in [3.63, 3.8) is 0 Å². The molecule has 1 aliphatic rings. The molecule has 0 radical (unpaired) electrons. The maximum atomic E-state index is 6.15. The fourth-order valence-electron chi connectivity index (χ4n) is 2.68. The van der Waals surface area contributed by atoms with E-state index in [1.54, 1.807) is 0 Å². The fourth-order valence-corrected chi connectivity index (χ4v) is 3.06. The monoisotopic (exact) mass is 326 g/mol. The van der Waals surface area contributed by atoms with Gasteiger partial charge in [0.1, 0.15) is 16.5 Å². The quantitative estimate of drug-likeness (QED) is 0.751. The molecular formula is C15H23BrN2O. The maximum absolute atomic E-state index is 6.15. The minimum Gasteiger partial charge on any atom is -0.474 e. The van der Waals surface area contributed by atoms with Crippen molar-refractivity contribution in [1.29, 1.82) is 0 Å². The first kappa shape index (κ1) is 14.8. The van der Waals surface area contributed by atoms with Gasteiger partial charge in [0.05, 0.1) is 0 Å². The van der Waals surface area contributed by atoms with Crippen LogP contribution in [0.1, 0.15) is 64.6 Å². The molecule has 1 fully saturated rings. The number of aromatic nitrogens is 2. The van der Waals surface area contributed by atoms with E-state index in [0.29, 0.717) is 17.9 Å². The Balaban J connectivity index is 2.13. The Morgan fingerprint density at radius 3 is 2.74 bits per heavy atom. The molecule has 1 saturated carbocycles. The van der Waals surface area contributed by atoms with E-state index < -0.39 is 0 Å². The van der Waals surface area contributed by atoms with Crippen LogP contribution in [-0.4, -0.2) is 16.1 Å². The first-order valence-corrected chi connectivity index (χ1v) is 8.10. The highest BCUT2D eigenvalue weighted by atomic mass is 79.9. The molecule has 0 amide bonds. The third kappa shape index (κ3) is 3.91. The van der Waals surface area contributed by atoms with Crippen LogP contribution in [0.3, 0.4) is 0 Å². The molecule has 0 saturated heterocycles. The lowest BCUT2D eigenvalue weighted by molar-refractivity contribution is 0.0853. The van der Waals surface area contributed by atoms with Crippen molar-refractivity contribution in [3.8, 4) is 5.88 Å². The van der Waals surface area contributed by atoms with Gasteiger partial charge in [-0.25, -0.2) is 4.98 Å². The largest absolute Gasteiger partial charge is 0.474 e. The van der Waals surface area contributed by atoms with Gasteiger partial charge in [-0.2, -0.15) is 4.98 Å². The van der Waals surface area contributed by atoms with Gasteiger partial charge >= 0.3 is 0 Å². The molecule has 1 aromatic heterocycles. The Labute approximate surface area is 124 Å². The summed E-state index contributed by atoms with van der Waals surface area (Å²) in [5, 5.41) is 0. The summed E-state index contributed by atoms with van der Waals surface area (Å²) in [6, 6.07) is 1.88. The van der Waals surface area contributed by atoms with E-state index in [-0.39, 0.29) is 0 Å². The van der Waals surface area contributed by atoms with Gasteiger partial charge in [0, 0.05) is 12.0 Å². The highest BCUT2D eigenvalue weighted by Gasteiger charge is 2.26. The topological polar surface area (TPSA) is 35.0 Å². The smallest absolute Gasteiger partial charge is 0.218 e. The second kappa shape index (κ2) is 6.69. The Bertz CT molecular complexity index is 423. The van der Waals surface area contributed by atoms with Crippen LogP contribution in [0.25, 0.3) is 0 Å². The van der Waals surface area contributed by atoms with Crippen LogP contribution >= 0.6 is 15.9 Å². The van der Waals surface area contributed by atoms with E-state index >= 15 is 0 Å². The van der Waals surface area contributed by atoms with Crippen LogP contribution in [-0.2, 0) is 0 Å². The average Bonchev–Trinajstić information content (AvgIpc) is 2.38. The molecular weight excluding hydrogens is 304 g/mol. The second-order valence-corrected chi connectivity index (χ2v) is 6.46. The first-order chi connectivity index (χ1) is 9.10. The molecule has 1 aliphatic carbocycles. The summed E-state index contributed by atoms with van der Waals surface area (Å²) in [7, 11) is 0. The lowest BCUT2D eigenvalue weighted by Gasteiger charge is -2.30. The summed E-state index contributed by atoms with van der Waals surface area (Å²) in [6.07, 6.45) is 6.55. The molecule has 2 unspecified atom stereocenters. The Morgan fingerprint density at radius 2 is 2.05 bits per heavy atom. The highest BCUT2D eigenvalue weighted by Crippen LogP contribution is 2.30. The van der Waals surface area contributed by atoms with Crippen molar-refractivity contribution < 1.29 is 4.74 Å². The molecule has 0 bridgehead atoms. The summed E-state index contributed by atoms with van der Waals surface area (Å²) in [5.74, 6) is 2.54. The number of nitrogens with zero attached hydrogens (tertiary/aromatic N) is 2. The van der Waals surface area contributed by atoms with Gasteiger partial charge in [-0.1, -0.05) is 27.2 Å². The van der Waals surface area contributed by atoms with Crippen LogP contribution < -0.4 is 4.74 Å². The molecule has 4 heteroatoms. The molecule has 3 nitrogen and oxygen atoms in total. The minimum absolute atomic E-state index is 0.313. The second-order valence-electron chi connectivity index (χ2n) is 5.65. The average molecular weight is 327 g/mol. The SMILES string of the molecule is CCC1CCCCC1Oc1cc(Br)nc(C(C)C)n1. The molecule has 0 aliphatic heterocycles. The van der Waals surface area contributed by atoms with E-state index in [0.717, 1.165) is 22.7 Å². The van der Waals surface area contributed by atoms with Crippen LogP contribution in [0, 0.1) is 5.92 Å². The Morgan fingerprint density at radius 1 is 1.32 bits per heavy atom. The van der Waals surface area contributed by atoms with E-state index in [1.165, 1.54) is 25.7 Å². The van der Waals surface area contributed by atoms with Gasteiger partial charge < -0.3 is 4.74 Å². The molecule has 2 atom stereocenters. The Hall–Kier alpha value is -0.640. The van der Waals surface area contributed by atoms with Crippen molar-refractivity contribution in [2.45, 2.75) is 64.9 Å². The van der Waals surface area contributed by atoms with Gasteiger partial charge in [-0.15, -0.1) is 0 Å². The van der Waals surface area contributed by atoms with E-state index in [4.69, 9.17) is 4.74 Å². The van der Waals surface area contributed by atoms with E-state index in [1.807, 2.05) is 6.07 Å². The molecule has 106 valence electrons. The molecule has 1 aromatic rings. The normalized spacial score (nSPS) is 23.6. The molecule has 0 aromatic carbocycles. The highest BCUT2D eigenvalue weighted by molar-refractivity contribution is 9.10. The van der Waals surface area contributed by atoms with Crippen molar-refractivity contribution in [2.24, 2.45) is 5.92 Å². The molecule has 2 rings (SSSR count). The lowest BCUT2D eigenvalue weighted by Crippen LogP contribution is -2.30. The number of hydrogen-bond acceptors (Lipinski definition) is 3. The number of hydrogen-bond donors (Lipinski definition) is 0. The fraction of sp³-hybridized carbons (Fsp3) is 0.733. The first-order valence-electron chi connectivity index (χ1n) is 7.31. The molecule has 1 heterocycles. The zero-order chi connectivity index (χ0) is 13.8. The lowest BCUT2D eigenvalue weighted by atomic mass is 9.85. The molecule has 0 N–H and O–H groups in total. The minimum atomic E-state index is 0.313. The maximum Gasteiger partial charge on any atom is 0.218 e. The summed E-state index contributed by atoms with van der Waals surface area (Å²) < 4.78 is 6.96. The van der Waals surface area contributed by atoms with Crippen molar-refractivity contribution in [3.05, 3.63) is 16.5 Å². The zero-order valence-electron chi connectivity index (χ0n) is 12.0. The van der Waals surface area contributed by atoms with Crippen molar-refractivity contribution >= 4 is 15.9 Å². The molecule has 19 heavy (non-hydrogen) atoms. The Kier molecular flexibility index (Phi) is 5.20. The van der Waals surface area contributed by atoms with Crippen LogP contribution in [0.5, 0.6) is 5.88 Å².